The Labute approximate surface area is 146 Å². The molecule has 0 radical (unpaired) electrons. The molecule has 0 bridgehead atoms. The lowest BCUT2D eigenvalue weighted by Gasteiger charge is -2.29. The molecule has 1 aliphatic carbocycles. The molecule has 1 heterocycles. The molecule has 0 atom stereocenters. The summed E-state index contributed by atoms with van der Waals surface area (Å²) in [6.07, 6.45) is 6.40. The highest BCUT2D eigenvalue weighted by Gasteiger charge is 2.28. The molecule has 2 aromatic rings. The lowest BCUT2D eigenvalue weighted by Crippen LogP contribution is -2.38. The molecule has 7 nitrogen and oxygen atoms in total. The first kappa shape index (κ1) is 17.2. The van der Waals surface area contributed by atoms with Crippen LogP contribution < -0.4 is 9.46 Å². The highest BCUT2D eigenvalue weighted by molar-refractivity contribution is 7.89. The van der Waals surface area contributed by atoms with E-state index in [2.05, 4.69) is 14.8 Å². The lowest BCUT2D eigenvalue weighted by molar-refractivity contribution is 0.293. The summed E-state index contributed by atoms with van der Waals surface area (Å²) >= 11 is 5.94. The number of ether oxygens (including phenoxy) is 1. The Bertz CT molecular complexity index is 787. The number of benzene rings is 1. The van der Waals surface area contributed by atoms with Crippen LogP contribution in [-0.2, 0) is 10.0 Å². The van der Waals surface area contributed by atoms with E-state index in [1.807, 2.05) is 4.68 Å². The van der Waals surface area contributed by atoms with Gasteiger partial charge in [0.05, 0.1) is 13.2 Å². The number of methoxy groups -OCH3 is 1. The quantitative estimate of drug-likeness (QED) is 0.873. The molecule has 1 aromatic heterocycles. The predicted molar refractivity (Wildman–Crippen MR) is 89.6 cm³/mol. The van der Waals surface area contributed by atoms with Crippen LogP contribution in [0.2, 0.25) is 5.02 Å². The fourth-order valence-electron chi connectivity index (χ4n) is 3.01. The summed E-state index contributed by atoms with van der Waals surface area (Å²) < 4.78 is 35.1. The Morgan fingerprint density at radius 1 is 1.29 bits per heavy atom. The molecule has 24 heavy (non-hydrogen) atoms. The summed E-state index contributed by atoms with van der Waals surface area (Å²) in [4.78, 5) is 4.02. The fourth-order valence-corrected chi connectivity index (χ4v) is 4.74. The number of aromatic nitrogens is 3. The summed E-state index contributed by atoms with van der Waals surface area (Å²) in [6, 6.07) is 4.72. The number of hydrogen-bond donors (Lipinski definition) is 1. The smallest absolute Gasteiger partial charge is 0.244 e. The van der Waals surface area contributed by atoms with Crippen LogP contribution in [0.1, 0.15) is 31.7 Å². The molecule has 9 heteroatoms. The van der Waals surface area contributed by atoms with Gasteiger partial charge in [-0.05, 0) is 43.9 Å². The van der Waals surface area contributed by atoms with Crippen molar-refractivity contribution in [1.29, 1.82) is 0 Å². The molecule has 1 saturated carbocycles. The molecule has 1 aliphatic rings. The monoisotopic (exact) mass is 370 g/mol. The molecule has 0 unspecified atom stereocenters. The molecule has 3 rings (SSSR count). The van der Waals surface area contributed by atoms with Crippen molar-refractivity contribution < 1.29 is 13.2 Å². The second-order valence-electron chi connectivity index (χ2n) is 5.80. The summed E-state index contributed by atoms with van der Waals surface area (Å²) in [5.41, 5.74) is 0. The Hall–Kier alpha value is -1.64. The van der Waals surface area contributed by atoms with E-state index in [0.717, 1.165) is 25.7 Å². The number of nitrogens with zero attached hydrogens (tertiary/aromatic N) is 3. The first-order valence-corrected chi connectivity index (χ1v) is 9.55. The second kappa shape index (κ2) is 7.08. The third-order valence-corrected chi connectivity index (χ3v) is 6.02. The first-order chi connectivity index (χ1) is 11.5. The minimum absolute atomic E-state index is 0.0656. The van der Waals surface area contributed by atoms with E-state index in [-0.39, 0.29) is 22.7 Å². The highest BCUT2D eigenvalue weighted by atomic mass is 35.5. The summed E-state index contributed by atoms with van der Waals surface area (Å²) in [5, 5.41) is 4.51. The Morgan fingerprint density at radius 2 is 2.04 bits per heavy atom. The summed E-state index contributed by atoms with van der Waals surface area (Å²) in [5.74, 6) is 0.281. The third kappa shape index (κ3) is 3.71. The fraction of sp³-hybridized carbons (Fsp3) is 0.467. The van der Waals surface area contributed by atoms with Crippen molar-refractivity contribution in [3.63, 3.8) is 0 Å². The molecule has 0 spiro atoms. The number of sulfonamides is 1. The van der Waals surface area contributed by atoms with Crippen molar-refractivity contribution >= 4 is 21.6 Å². The molecule has 0 aliphatic heterocycles. The van der Waals surface area contributed by atoms with Gasteiger partial charge in [-0.3, -0.25) is 0 Å². The average Bonchev–Trinajstić information content (AvgIpc) is 3.10. The van der Waals surface area contributed by atoms with E-state index in [1.54, 1.807) is 18.5 Å². The first-order valence-electron chi connectivity index (χ1n) is 7.69. The Morgan fingerprint density at radius 3 is 2.67 bits per heavy atom. The van der Waals surface area contributed by atoms with Gasteiger partial charge in [-0.2, -0.15) is 5.10 Å². The van der Waals surface area contributed by atoms with Gasteiger partial charge in [-0.1, -0.05) is 11.6 Å². The molecular formula is C15H19ClN4O3S. The van der Waals surface area contributed by atoms with Crippen LogP contribution in [-0.4, -0.2) is 36.3 Å². The largest absolute Gasteiger partial charge is 0.495 e. The van der Waals surface area contributed by atoms with Crippen LogP contribution in [0.4, 0.5) is 0 Å². The van der Waals surface area contributed by atoms with E-state index >= 15 is 0 Å². The zero-order chi connectivity index (χ0) is 17.2. The second-order valence-corrected chi connectivity index (χ2v) is 7.92. The zero-order valence-corrected chi connectivity index (χ0v) is 14.8. The molecule has 0 amide bonds. The van der Waals surface area contributed by atoms with Crippen molar-refractivity contribution in [3.8, 4) is 5.75 Å². The Kier molecular flexibility index (Phi) is 5.07. The topological polar surface area (TPSA) is 86.1 Å². The maximum Gasteiger partial charge on any atom is 0.244 e. The van der Waals surface area contributed by atoms with Gasteiger partial charge in [0.25, 0.3) is 0 Å². The van der Waals surface area contributed by atoms with Crippen molar-refractivity contribution in [1.82, 2.24) is 19.5 Å². The summed E-state index contributed by atoms with van der Waals surface area (Å²) in [7, 11) is -2.25. The van der Waals surface area contributed by atoms with Crippen molar-refractivity contribution in [2.24, 2.45) is 0 Å². The van der Waals surface area contributed by atoms with Gasteiger partial charge in [0.1, 0.15) is 23.3 Å². The van der Waals surface area contributed by atoms with E-state index < -0.39 is 10.0 Å². The van der Waals surface area contributed by atoms with Gasteiger partial charge in [-0.15, -0.1) is 0 Å². The lowest BCUT2D eigenvalue weighted by atomic mass is 9.92. The third-order valence-electron chi connectivity index (χ3n) is 4.24. The molecule has 1 aromatic carbocycles. The van der Waals surface area contributed by atoms with Gasteiger partial charge in [0, 0.05) is 11.1 Å². The van der Waals surface area contributed by atoms with Crippen molar-refractivity contribution in [2.75, 3.05) is 7.11 Å². The number of halogens is 1. The van der Waals surface area contributed by atoms with Gasteiger partial charge in [0.2, 0.25) is 10.0 Å². The van der Waals surface area contributed by atoms with Crippen LogP contribution in [0.3, 0.4) is 0 Å². The van der Waals surface area contributed by atoms with Crippen molar-refractivity contribution in [2.45, 2.75) is 42.7 Å². The van der Waals surface area contributed by atoms with Crippen LogP contribution in [0.25, 0.3) is 0 Å². The summed E-state index contributed by atoms with van der Waals surface area (Å²) in [6.45, 7) is 0. The minimum Gasteiger partial charge on any atom is -0.495 e. The minimum atomic E-state index is -3.69. The van der Waals surface area contributed by atoms with E-state index in [9.17, 15) is 8.42 Å². The van der Waals surface area contributed by atoms with E-state index in [0.29, 0.717) is 5.02 Å². The predicted octanol–water partition coefficient (Wildman–Crippen LogP) is 2.40. The normalized spacial score (nSPS) is 21.6. The molecule has 1 fully saturated rings. The molecule has 0 saturated heterocycles. The Balaban J connectivity index is 1.69. The van der Waals surface area contributed by atoms with Crippen LogP contribution >= 0.6 is 11.6 Å². The van der Waals surface area contributed by atoms with Crippen LogP contribution in [0.5, 0.6) is 5.75 Å². The van der Waals surface area contributed by atoms with Gasteiger partial charge in [-0.25, -0.2) is 22.8 Å². The zero-order valence-electron chi connectivity index (χ0n) is 13.2. The van der Waals surface area contributed by atoms with Gasteiger partial charge in [0.15, 0.2) is 0 Å². The maximum atomic E-state index is 12.7. The van der Waals surface area contributed by atoms with Crippen molar-refractivity contribution in [3.05, 3.63) is 35.9 Å². The molecule has 1 N–H and O–H groups in total. The van der Waals surface area contributed by atoms with Gasteiger partial charge < -0.3 is 4.74 Å². The highest BCUT2D eigenvalue weighted by Crippen LogP contribution is 2.31. The van der Waals surface area contributed by atoms with Crippen LogP contribution in [0, 0.1) is 0 Å². The standard InChI is InChI=1S/C15H19ClN4O3S/c1-23-14-7-2-11(16)8-15(14)24(21,22)19-12-3-5-13(6-4-12)20-10-17-9-18-20/h2,7-10,12-13,19H,3-6H2,1H3. The van der Waals surface area contributed by atoms with Gasteiger partial charge >= 0.3 is 0 Å². The van der Waals surface area contributed by atoms with E-state index in [4.69, 9.17) is 16.3 Å². The molecular weight excluding hydrogens is 352 g/mol. The number of rotatable bonds is 5. The average molecular weight is 371 g/mol. The van der Waals surface area contributed by atoms with Crippen LogP contribution in [0.15, 0.2) is 35.7 Å². The number of hydrogen-bond acceptors (Lipinski definition) is 5. The number of nitrogens with one attached hydrogen (secondary N) is 1. The SMILES string of the molecule is COc1ccc(Cl)cc1S(=O)(=O)NC1CCC(n2cncn2)CC1. The molecule has 130 valence electrons. The van der Waals surface area contributed by atoms with E-state index in [1.165, 1.54) is 19.5 Å². The maximum absolute atomic E-state index is 12.7.